The number of hydrogen-bond acceptors (Lipinski definition) is 5. The average molecular weight is 262 g/mol. The van der Waals surface area contributed by atoms with Crippen molar-refractivity contribution in [1.82, 2.24) is 15.2 Å². The van der Waals surface area contributed by atoms with Crippen LogP contribution in [0.4, 0.5) is 10.6 Å². The van der Waals surface area contributed by atoms with Crippen molar-refractivity contribution in [3.8, 4) is 0 Å². The van der Waals surface area contributed by atoms with Gasteiger partial charge in [-0.3, -0.25) is 15.4 Å². The number of amides is 1. The van der Waals surface area contributed by atoms with E-state index in [0.717, 1.165) is 0 Å². The number of hydrogen-bond donors (Lipinski definition) is 3. The Hall–Kier alpha value is -2.90. The highest BCUT2D eigenvalue weighted by Gasteiger charge is 2.17. The van der Waals surface area contributed by atoms with Gasteiger partial charge in [-0.05, 0) is 0 Å². The third-order valence-corrected chi connectivity index (χ3v) is 2.25. The number of carbonyl (C=O) groups is 2. The molecule has 0 radical (unpaired) electrons. The van der Waals surface area contributed by atoms with Gasteiger partial charge in [0.15, 0.2) is 5.82 Å². The minimum absolute atomic E-state index is 0.0432. The summed E-state index contributed by atoms with van der Waals surface area (Å²) in [7, 11) is 0. The van der Waals surface area contributed by atoms with E-state index in [-0.39, 0.29) is 23.4 Å². The van der Waals surface area contributed by atoms with Crippen LogP contribution in [0.3, 0.4) is 0 Å². The molecule has 1 amide bonds. The van der Waals surface area contributed by atoms with Gasteiger partial charge >= 0.3 is 12.1 Å². The highest BCUT2D eigenvalue weighted by Crippen LogP contribution is 2.23. The first-order valence-corrected chi connectivity index (χ1v) is 5.23. The molecule has 98 valence electrons. The first-order valence-electron chi connectivity index (χ1n) is 5.23. The second-order valence-electron chi connectivity index (χ2n) is 3.50. The molecule has 0 saturated heterocycles. The van der Waals surface area contributed by atoms with Crippen LogP contribution < -0.4 is 5.32 Å². The molecule has 0 bridgehead atoms. The minimum atomic E-state index is -1.16. The molecular formula is C11H10N4O4. The van der Waals surface area contributed by atoms with Crippen LogP contribution in [0.25, 0.3) is 10.9 Å². The fourth-order valence-electron chi connectivity index (χ4n) is 1.49. The smallest absolute Gasteiger partial charge is 0.413 e. The lowest BCUT2D eigenvalue weighted by atomic mass is 10.2. The summed E-state index contributed by atoms with van der Waals surface area (Å²) in [6.07, 6.45) is 3.26. The van der Waals surface area contributed by atoms with E-state index in [1.165, 1.54) is 18.5 Å². The van der Waals surface area contributed by atoms with Crippen molar-refractivity contribution in [2.24, 2.45) is 0 Å². The van der Waals surface area contributed by atoms with Gasteiger partial charge in [0.05, 0.1) is 22.7 Å². The third-order valence-electron chi connectivity index (χ3n) is 2.25. The number of fused-ring (bicyclic) bond motifs is 1. The van der Waals surface area contributed by atoms with Gasteiger partial charge in [-0.15, -0.1) is 0 Å². The van der Waals surface area contributed by atoms with Crippen LogP contribution in [-0.4, -0.2) is 39.0 Å². The van der Waals surface area contributed by atoms with Crippen LogP contribution in [0.1, 0.15) is 10.4 Å². The molecule has 8 nitrogen and oxygen atoms in total. The molecule has 8 heteroatoms. The molecule has 0 fully saturated rings. The largest absolute Gasteiger partial charge is 0.478 e. The highest BCUT2D eigenvalue weighted by molar-refractivity contribution is 6.08. The molecule has 0 spiro atoms. The lowest BCUT2D eigenvalue weighted by Crippen LogP contribution is -2.14. The molecule has 0 unspecified atom stereocenters. The zero-order valence-electron chi connectivity index (χ0n) is 9.71. The first kappa shape index (κ1) is 12.6. The Morgan fingerprint density at radius 2 is 2.32 bits per heavy atom. The van der Waals surface area contributed by atoms with Crippen LogP contribution >= 0.6 is 0 Å². The molecular weight excluding hydrogens is 252 g/mol. The van der Waals surface area contributed by atoms with Gasteiger partial charge in [-0.25, -0.2) is 9.59 Å². The van der Waals surface area contributed by atoms with E-state index >= 15 is 0 Å². The van der Waals surface area contributed by atoms with E-state index in [2.05, 4.69) is 27.1 Å². The van der Waals surface area contributed by atoms with Crippen molar-refractivity contribution >= 4 is 28.8 Å². The minimum Gasteiger partial charge on any atom is -0.478 e. The number of nitrogens with zero attached hydrogens (tertiary/aromatic N) is 2. The van der Waals surface area contributed by atoms with E-state index in [1.807, 2.05) is 0 Å². The fraction of sp³-hybridized carbons (Fsp3) is 0.0909. The Morgan fingerprint density at radius 1 is 1.53 bits per heavy atom. The lowest BCUT2D eigenvalue weighted by molar-refractivity contribution is 0.0698. The van der Waals surface area contributed by atoms with Gasteiger partial charge in [0.1, 0.15) is 6.61 Å². The molecule has 3 N–H and O–H groups in total. The summed E-state index contributed by atoms with van der Waals surface area (Å²) in [6, 6.07) is 0. The Balaban J connectivity index is 2.36. The van der Waals surface area contributed by atoms with Gasteiger partial charge in [0.25, 0.3) is 0 Å². The number of aromatic amines is 1. The monoisotopic (exact) mass is 262 g/mol. The van der Waals surface area contributed by atoms with Gasteiger partial charge < -0.3 is 9.84 Å². The summed E-state index contributed by atoms with van der Waals surface area (Å²) < 4.78 is 4.73. The number of nitrogens with one attached hydrogen (secondary N) is 2. The maximum Gasteiger partial charge on any atom is 0.413 e. The van der Waals surface area contributed by atoms with Crippen LogP contribution in [0.5, 0.6) is 0 Å². The zero-order chi connectivity index (χ0) is 13.8. The molecule has 0 atom stereocenters. The number of aromatic carboxylic acids is 1. The van der Waals surface area contributed by atoms with Crippen molar-refractivity contribution in [2.75, 3.05) is 11.9 Å². The summed E-state index contributed by atoms with van der Waals surface area (Å²) in [4.78, 5) is 26.2. The van der Waals surface area contributed by atoms with Crippen LogP contribution in [0, 0.1) is 0 Å². The predicted molar refractivity (Wildman–Crippen MR) is 66.0 cm³/mol. The molecule has 2 rings (SSSR count). The van der Waals surface area contributed by atoms with E-state index in [0.29, 0.717) is 5.52 Å². The number of rotatable bonds is 4. The predicted octanol–water partition coefficient (Wildman–Crippen LogP) is 1.39. The Morgan fingerprint density at radius 3 is 3.00 bits per heavy atom. The average Bonchev–Trinajstić information content (AvgIpc) is 2.79. The molecule has 2 aromatic heterocycles. The molecule has 19 heavy (non-hydrogen) atoms. The summed E-state index contributed by atoms with van der Waals surface area (Å²) in [5, 5.41) is 18.1. The molecule has 2 heterocycles. The molecule has 0 aromatic carbocycles. The van der Waals surface area contributed by atoms with Crippen molar-refractivity contribution in [3.05, 3.63) is 30.6 Å². The van der Waals surface area contributed by atoms with Gasteiger partial charge in [0, 0.05) is 6.20 Å². The molecule has 0 aliphatic rings. The normalized spacial score (nSPS) is 10.1. The summed E-state index contributed by atoms with van der Waals surface area (Å²) in [5.41, 5.74) is 0.337. The molecule has 0 saturated carbocycles. The number of carboxylic acids is 1. The maximum absolute atomic E-state index is 11.4. The number of carboxylic acid groups (broad SMARTS) is 1. The van der Waals surface area contributed by atoms with Gasteiger partial charge in [-0.1, -0.05) is 12.7 Å². The van der Waals surface area contributed by atoms with E-state index in [1.54, 1.807) is 0 Å². The van der Waals surface area contributed by atoms with Crippen molar-refractivity contribution in [3.63, 3.8) is 0 Å². The Kier molecular flexibility index (Phi) is 3.42. The van der Waals surface area contributed by atoms with Gasteiger partial charge in [0.2, 0.25) is 0 Å². The number of aromatic nitrogens is 3. The third kappa shape index (κ3) is 2.51. The highest BCUT2D eigenvalue weighted by atomic mass is 16.5. The lowest BCUT2D eigenvalue weighted by Gasteiger charge is -2.03. The number of carbonyl (C=O) groups excluding carboxylic acids is 1. The zero-order valence-corrected chi connectivity index (χ0v) is 9.71. The summed E-state index contributed by atoms with van der Waals surface area (Å²) >= 11 is 0. The Bertz CT molecular complexity index is 649. The number of pyridine rings is 1. The standard InChI is InChI=1S/C11H10N4O4/c1-2-3-19-11(18)13-9-8-6(10(16)17)4-12-5-7(8)14-15-9/h2,4-5H,1,3H2,(H,16,17)(H2,13,14,15,18). The summed E-state index contributed by atoms with van der Waals surface area (Å²) in [5.74, 6) is -1.09. The van der Waals surface area contributed by atoms with E-state index in [4.69, 9.17) is 9.84 Å². The summed E-state index contributed by atoms with van der Waals surface area (Å²) in [6.45, 7) is 3.45. The fourth-order valence-corrected chi connectivity index (χ4v) is 1.49. The van der Waals surface area contributed by atoms with Crippen LogP contribution in [0.2, 0.25) is 0 Å². The van der Waals surface area contributed by atoms with Crippen molar-refractivity contribution < 1.29 is 19.4 Å². The topological polar surface area (TPSA) is 117 Å². The maximum atomic E-state index is 11.4. The second kappa shape index (κ2) is 5.17. The number of H-pyrrole nitrogens is 1. The van der Waals surface area contributed by atoms with Crippen LogP contribution in [0.15, 0.2) is 25.0 Å². The SMILES string of the molecule is C=CCOC(=O)Nc1n[nH]c2cncc(C(=O)O)c12. The molecule has 2 aromatic rings. The molecule has 0 aliphatic carbocycles. The quantitative estimate of drug-likeness (QED) is 0.717. The van der Waals surface area contributed by atoms with E-state index in [9.17, 15) is 9.59 Å². The number of ether oxygens (including phenoxy) is 1. The molecule has 0 aliphatic heterocycles. The van der Waals surface area contributed by atoms with Crippen LogP contribution in [-0.2, 0) is 4.74 Å². The van der Waals surface area contributed by atoms with Crippen molar-refractivity contribution in [2.45, 2.75) is 0 Å². The van der Waals surface area contributed by atoms with Gasteiger partial charge in [-0.2, -0.15) is 5.10 Å². The van der Waals surface area contributed by atoms with E-state index < -0.39 is 12.1 Å². The number of anilines is 1. The Labute approximate surface area is 107 Å². The second-order valence-corrected chi connectivity index (χ2v) is 3.50. The van der Waals surface area contributed by atoms with Crippen molar-refractivity contribution in [1.29, 1.82) is 0 Å². The first-order chi connectivity index (χ1) is 9.13.